The molecule has 3 aliphatic heterocycles. The van der Waals surface area contributed by atoms with Crippen LogP contribution in [0.3, 0.4) is 0 Å². The molecule has 234 valence electrons. The number of rotatable bonds is 7. The Balaban J connectivity index is 1.50. The molecule has 5 rings (SSSR count). The van der Waals surface area contributed by atoms with Gasteiger partial charge < -0.3 is 50.0 Å². The molecule has 1 spiro atoms. The molecular formula is C30H40N2O10Si. The zero-order valence-corrected chi connectivity index (χ0v) is 25.8. The molecule has 3 aliphatic rings. The Bertz CT molecular complexity index is 1370. The molecule has 0 radical (unpaired) electrons. The Kier molecular flexibility index (Phi) is 8.48. The number of nitrogens with one attached hydrogen (secondary N) is 1. The number of anilines is 2. The maximum absolute atomic E-state index is 14.1. The molecule has 0 unspecified atom stereocenters. The molecule has 2 saturated heterocycles. The fraction of sp³-hybridized carbons (Fsp3) is 0.533. The molecule has 2 aromatic rings. The van der Waals surface area contributed by atoms with Crippen molar-refractivity contribution in [1.82, 2.24) is 0 Å². The van der Waals surface area contributed by atoms with Crippen molar-refractivity contribution in [3.63, 3.8) is 0 Å². The first-order valence-corrected chi connectivity index (χ1v) is 17.4. The summed E-state index contributed by atoms with van der Waals surface area (Å²) in [6.45, 7) is 6.37. The molecule has 9 atom stereocenters. The van der Waals surface area contributed by atoms with Gasteiger partial charge in [-0.3, -0.25) is 9.59 Å². The van der Waals surface area contributed by atoms with Gasteiger partial charge in [-0.15, -0.1) is 0 Å². The Morgan fingerprint density at radius 2 is 1.74 bits per heavy atom. The van der Waals surface area contributed by atoms with Crippen molar-refractivity contribution in [2.24, 2.45) is 5.92 Å². The van der Waals surface area contributed by atoms with Crippen molar-refractivity contribution >= 4 is 36.4 Å². The lowest BCUT2D eigenvalue weighted by Crippen LogP contribution is -2.60. The van der Waals surface area contributed by atoms with Crippen LogP contribution in [0.25, 0.3) is 0 Å². The highest BCUT2D eigenvalue weighted by molar-refractivity contribution is 6.91. The second kappa shape index (κ2) is 11.6. The van der Waals surface area contributed by atoms with Gasteiger partial charge in [0, 0.05) is 30.8 Å². The number of hydrogen-bond acceptors (Lipinski definition) is 10. The summed E-state index contributed by atoms with van der Waals surface area (Å²) >= 11 is 0. The van der Waals surface area contributed by atoms with Gasteiger partial charge in [0.05, 0.1) is 27.0 Å². The van der Waals surface area contributed by atoms with Crippen LogP contribution in [-0.4, -0.2) is 103 Å². The van der Waals surface area contributed by atoms with Crippen LogP contribution in [0, 0.1) is 5.92 Å². The van der Waals surface area contributed by atoms with E-state index < -0.39 is 56.4 Å². The molecule has 43 heavy (non-hydrogen) atoms. The average molecular weight is 617 g/mol. The molecule has 0 bridgehead atoms. The van der Waals surface area contributed by atoms with Crippen LogP contribution in [0.2, 0.25) is 18.6 Å². The summed E-state index contributed by atoms with van der Waals surface area (Å²) in [6, 6.07) is 12.9. The minimum absolute atomic E-state index is 0.0604. The summed E-state index contributed by atoms with van der Waals surface area (Å²) in [5, 5.41) is 53.8. The number of aliphatic hydroxyl groups is 5. The van der Waals surface area contributed by atoms with Crippen molar-refractivity contribution in [3.05, 3.63) is 48.0 Å². The number of carbonyl (C=O) groups excluding carboxylic acids is 2. The third kappa shape index (κ3) is 4.97. The summed E-state index contributed by atoms with van der Waals surface area (Å²) in [7, 11) is 0.941. The summed E-state index contributed by atoms with van der Waals surface area (Å²) < 4.78 is 17.2. The number of fused-ring (bicyclic) bond motifs is 2. The summed E-state index contributed by atoms with van der Waals surface area (Å²) in [5.41, 5.74) is 0.0288. The number of ether oxygens (including phenoxy) is 3. The van der Waals surface area contributed by atoms with Crippen molar-refractivity contribution in [2.45, 2.75) is 74.4 Å². The summed E-state index contributed by atoms with van der Waals surface area (Å²) in [4.78, 5) is 28.7. The van der Waals surface area contributed by atoms with Gasteiger partial charge in [-0.1, -0.05) is 37.3 Å². The van der Waals surface area contributed by atoms with Gasteiger partial charge in [0.2, 0.25) is 0 Å². The number of hydrogen-bond donors (Lipinski definition) is 6. The Morgan fingerprint density at radius 3 is 2.37 bits per heavy atom. The number of amides is 2. The molecule has 0 aromatic heterocycles. The Hall–Kier alpha value is -2.88. The molecule has 13 heteroatoms. The first-order chi connectivity index (χ1) is 20.3. The van der Waals surface area contributed by atoms with E-state index in [2.05, 4.69) is 30.5 Å². The van der Waals surface area contributed by atoms with Gasteiger partial charge >= 0.3 is 0 Å². The number of benzene rings is 2. The predicted molar refractivity (Wildman–Crippen MR) is 159 cm³/mol. The van der Waals surface area contributed by atoms with Crippen LogP contribution < -0.4 is 20.1 Å². The average Bonchev–Trinajstić information content (AvgIpc) is 3.40. The largest absolute Gasteiger partial charge is 0.497 e. The number of methoxy groups -OCH3 is 1. The standard InChI is InChI=1S/C30H40N2O10Si/c1-15-26(43(4,5)18-9-7-17(40-3)8-10-18)21(12-13-33)42-30(15)19-14-16(6-11-20(19)32(2)29(30)39)31-27(37)25-23(35)22(34)24(36)28(38)41-25/h6-11,14-15,21-26,28,33-36,38H,12-13H2,1-5H3,(H,31,37)/t15-,21+,22-,23-,24+,25-,26-,28+,30+/m0/s1. The maximum Gasteiger partial charge on any atom is 0.264 e. The fourth-order valence-corrected chi connectivity index (χ4v) is 11.2. The van der Waals surface area contributed by atoms with E-state index >= 15 is 0 Å². The lowest BCUT2D eigenvalue weighted by atomic mass is 9.82. The van der Waals surface area contributed by atoms with Gasteiger partial charge in [0.15, 0.2) is 18.0 Å². The van der Waals surface area contributed by atoms with Crippen molar-refractivity contribution in [3.8, 4) is 5.75 Å². The molecule has 2 aromatic carbocycles. The second-order valence-electron chi connectivity index (χ2n) is 12.2. The quantitative estimate of drug-likeness (QED) is 0.232. The highest BCUT2D eigenvalue weighted by Gasteiger charge is 2.65. The number of aliphatic hydroxyl groups excluding tert-OH is 5. The maximum atomic E-state index is 14.1. The van der Waals surface area contributed by atoms with Crippen LogP contribution in [0.4, 0.5) is 11.4 Å². The fourth-order valence-electron chi connectivity index (χ4n) is 7.19. The Labute approximate surface area is 250 Å². The van der Waals surface area contributed by atoms with Gasteiger partial charge in [-0.05, 0) is 42.3 Å². The molecule has 12 nitrogen and oxygen atoms in total. The molecule has 0 saturated carbocycles. The molecule has 0 aliphatic carbocycles. The van der Waals surface area contributed by atoms with Gasteiger partial charge in [0.1, 0.15) is 24.1 Å². The van der Waals surface area contributed by atoms with Crippen LogP contribution in [0.5, 0.6) is 5.75 Å². The molecule has 3 heterocycles. The van der Waals surface area contributed by atoms with E-state index in [-0.39, 0.29) is 29.7 Å². The Morgan fingerprint density at radius 1 is 1.07 bits per heavy atom. The molecule has 2 fully saturated rings. The smallest absolute Gasteiger partial charge is 0.264 e. The predicted octanol–water partition coefficient (Wildman–Crippen LogP) is 0.00840. The lowest BCUT2D eigenvalue weighted by molar-refractivity contribution is -0.274. The number of nitrogens with zero attached hydrogens (tertiary/aromatic N) is 1. The van der Waals surface area contributed by atoms with Crippen LogP contribution in [-0.2, 0) is 24.7 Å². The molecular weight excluding hydrogens is 576 g/mol. The summed E-state index contributed by atoms with van der Waals surface area (Å²) in [5.74, 6) is -0.649. The van der Waals surface area contributed by atoms with E-state index in [1.807, 2.05) is 19.1 Å². The highest BCUT2D eigenvalue weighted by Crippen LogP contribution is 2.60. The highest BCUT2D eigenvalue weighted by atomic mass is 28.3. The number of carbonyl (C=O) groups is 2. The second-order valence-corrected chi connectivity index (χ2v) is 16.9. The monoisotopic (exact) mass is 616 g/mol. The van der Waals surface area contributed by atoms with Crippen molar-refractivity contribution in [1.29, 1.82) is 0 Å². The van der Waals surface area contributed by atoms with E-state index in [0.717, 1.165) is 10.9 Å². The minimum Gasteiger partial charge on any atom is -0.497 e. The van der Waals surface area contributed by atoms with Gasteiger partial charge in [-0.2, -0.15) is 0 Å². The van der Waals surface area contributed by atoms with Gasteiger partial charge in [-0.25, -0.2) is 0 Å². The first-order valence-electron chi connectivity index (χ1n) is 14.3. The van der Waals surface area contributed by atoms with Crippen molar-refractivity contribution < 1.29 is 49.3 Å². The van der Waals surface area contributed by atoms with E-state index in [4.69, 9.17) is 14.2 Å². The van der Waals surface area contributed by atoms with Crippen LogP contribution >= 0.6 is 0 Å². The summed E-state index contributed by atoms with van der Waals surface area (Å²) in [6.07, 6.45) is -8.93. The number of likely N-dealkylation sites (N-methyl/N-ethyl adjacent to an activating group) is 1. The SMILES string of the molecule is COc1ccc([Si](C)(C)[C@@H]2[C@@H](CCO)O[C@]3(C(=O)N(C)c4ccc(NC(=O)[C@H]5O[C@@H](O)[C@H](O)[C@@H](O)[C@@H]5O)cc43)[C@H]2C)cc1. The van der Waals surface area contributed by atoms with Crippen molar-refractivity contribution in [2.75, 3.05) is 31.0 Å². The zero-order chi connectivity index (χ0) is 31.4. The first kappa shape index (κ1) is 31.5. The van der Waals surface area contributed by atoms with Gasteiger partial charge in [0.25, 0.3) is 11.8 Å². The van der Waals surface area contributed by atoms with E-state index in [9.17, 15) is 35.1 Å². The molecule has 6 N–H and O–H groups in total. The van der Waals surface area contributed by atoms with E-state index in [1.165, 1.54) is 0 Å². The normalized spacial score (nSPS) is 34.0. The lowest BCUT2D eigenvalue weighted by Gasteiger charge is -2.37. The van der Waals surface area contributed by atoms with E-state index in [0.29, 0.717) is 17.7 Å². The van der Waals surface area contributed by atoms with Crippen LogP contribution in [0.1, 0.15) is 18.9 Å². The third-order valence-electron chi connectivity index (χ3n) is 9.49. The minimum atomic E-state index is -2.34. The third-order valence-corrected chi connectivity index (χ3v) is 13.9. The molecule has 2 amide bonds. The van der Waals surface area contributed by atoms with E-state index in [1.54, 1.807) is 37.3 Å². The topological polar surface area (TPSA) is 178 Å². The zero-order valence-electron chi connectivity index (χ0n) is 24.8. The van der Waals surface area contributed by atoms with Crippen LogP contribution in [0.15, 0.2) is 42.5 Å².